The maximum Gasteiger partial charge on any atom is 0.135 e. The Morgan fingerprint density at radius 1 is 0.365 bits per heavy atom. The Balaban J connectivity index is 1.19. The van der Waals surface area contributed by atoms with Gasteiger partial charge >= 0.3 is 0 Å². The van der Waals surface area contributed by atoms with Gasteiger partial charge in [-0.05, 0) is 76.9 Å². The lowest BCUT2D eigenvalue weighted by Crippen LogP contribution is -2.35. The van der Waals surface area contributed by atoms with Gasteiger partial charge < -0.3 is 13.6 Å². The van der Waals surface area contributed by atoms with E-state index in [1.54, 1.807) is 0 Å². The molecule has 8 aromatic carbocycles. The maximum atomic E-state index is 6.59. The van der Waals surface area contributed by atoms with Crippen LogP contribution >= 0.6 is 0 Å². The highest BCUT2D eigenvalue weighted by Gasteiger charge is 2.45. The van der Waals surface area contributed by atoms with Crippen LogP contribution in [0.25, 0.3) is 76.9 Å². The molecular weight excluding hydrogens is 633 g/mol. The Morgan fingerprint density at radius 3 is 1.67 bits per heavy atom. The summed E-state index contributed by atoms with van der Waals surface area (Å²) in [7, 11) is 0. The predicted molar refractivity (Wildman–Crippen MR) is 214 cm³/mol. The zero-order valence-corrected chi connectivity index (χ0v) is 28.1. The number of furan rings is 1. The minimum Gasteiger partial charge on any atom is -0.456 e. The summed E-state index contributed by atoms with van der Waals surface area (Å²) in [6.45, 7) is 0. The standard InChI is InChI=1S/C49H30N2O/c1-2-13-31(14-3-1)49(40-19-7-11-24-45(40)51-44-23-10-6-17-36(44)37-18-12-20-41(49)48(37)51)32-25-27-46-38(29-32)39-30-33(26-28-47(39)52-46)50-42-21-8-4-15-34(42)35-16-5-9-22-43(35)50/h1-30H. The minimum atomic E-state index is -0.579. The topological polar surface area (TPSA) is 23.0 Å². The van der Waals surface area contributed by atoms with Gasteiger partial charge in [0.2, 0.25) is 0 Å². The van der Waals surface area contributed by atoms with Gasteiger partial charge in [-0.2, -0.15) is 0 Å². The van der Waals surface area contributed by atoms with E-state index in [4.69, 9.17) is 4.42 Å². The molecule has 242 valence electrons. The van der Waals surface area contributed by atoms with Gasteiger partial charge in [0.15, 0.2) is 0 Å². The van der Waals surface area contributed by atoms with Crippen LogP contribution in [-0.4, -0.2) is 9.13 Å². The van der Waals surface area contributed by atoms with Gasteiger partial charge in [-0.15, -0.1) is 0 Å². The van der Waals surface area contributed by atoms with Crippen molar-refractivity contribution in [1.82, 2.24) is 9.13 Å². The second kappa shape index (κ2) is 10.1. The van der Waals surface area contributed by atoms with Crippen molar-refractivity contribution in [1.29, 1.82) is 0 Å². The van der Waals surface area contributed by atoms with Crippen LogP contribution in [0, 0.1) is 0 Å². The molecule has 0 aliphatic carbocycles. The first-order valence-electron chi connectivity index (χ1n) is 17.9. The fraction of sp³-hybridized carbons (Fsp3) is 0.0204. The molecule has 0 N–H and O–H groups in total. The lowest BCUT2D eigenvalue weighted by Gasteiger charge is -2.41. The fourth-order valence-electron chi connectivity index (χ4n) is 9.52. The smallest absolute Gasteiger partial charge is 0.135 e. The number of benzene rings is 8. The van der Waals surface area contributed by atoms with Crippen molar-refractivity contribution < 1.29 is 4.42 Å². The molecule has 0 fully saturated rings. The van der Waals surface area contributed by atoms with E-state index in [-0.39, 0.29) is 0 Å². The predicted octanol–water partition coefficient (Wildman–Crippen LogP) is 12.5. The molecule has 0 amide bonds. The van der Waals surface area contributed by atoms with Crippen molar-refractivity contribution in [2.24, 2.45) is 0 Å². The molecule has 0 spiro atoms. The second-order valence-electron chi connectivity index (χ2n) is 14.1. The van der Waals surface area contributed by atoms with Gasteiger partial charge in [0, 0.05) is 38.0 Å². The third kappa shape index (κ3) is 3.45. The summed E-state index contributed by atoms with van der Waals surface area (Å²) in [6, 6.07) is 66.6. The van der Waals surface area contributed by atoms with Gasteiger partial charge in [-0.25, -0.2) is 0 Å². The van der Waals surface area contributed by atoms with Crippen LogP contribution < -0.4 is 0 Å². The fourth-order valence-corrected chi connectivity index (χ4v) is 9.52. The first-order valence-corrected chi connectivity index (χ1v) is 17.9. The van der Waals surface area contributed by atoms with Crippen LogP contribution in [0.4, 0.5) is 0 Å². The van der Waals surface area contributed by atoms with Gasteiger partial charge in [0.05, 0.1) is 33.2 Å². The van der Waals surface area contributed by atoms with Crippen molar-refractivity contribution in [2.45, 2.75) is 5.41 Å². The van der Waals surface area contributed by atoms with Gasteiger partial charge in [0.1, 0.15) is 11.2 Å². The molecule has 1 atom stereocenters. The summed E-state index contributed by atoms with van der Waals surface area (Å²) in [5.41, 5.74) is 13.4. The van der Waals surface area contributed by atoms with Gasteiger partial charge in [-0.3, -0.25) is 0 Å². The molecule has 0 saturated heterocycles. The first-order chi connectivity index (χ1) is 25.8. The van der Waals surface area contributed by atoms with E-state index < -0.39 is 5.41 Å². The molecule has 4 heterocycles. The second-order valence-corrected chi connectivity index (χ2v) is 14.1. The SMILES string of the molecule is c1ccc(C2(c3ccc4oc5ccc(-n6c7ccccc7c7ccccc76)cc5c4c3)c3ccccc3-n3c4ccccc4c4cccc2c43)cc1. The number of para-hydroxylation sites is 5. The molecular formula is C49H30N2O. The van der Waals surface area contributed by atoms with Crippen molar-refractivity contribution >= 4 is 65.6 Å². The summed E-state index contributed by atoms with van der Waals surface area (Å²) in [5.74, 6) is 0. The number of hydrogen-bond acceptors (Lipinski definition) is 1. The number of aromatic nitrogens is 2. The lowest BCUT2D eigenvalue weighted by atomic mass is 9.63. The Kier molecular flexibility index (Phi) is 5.43. The monoisotopic (exact) mass is 662 g/mol. The molecule has 0 bridgehead atoms. The summed E-state index contributed by atoms with van der Waals surface area (Å²) < 4.78 is 11.5. The van der Waals surface area contributed by atoms with Crippen LogP contribution in [0.5, 0.6) is 0 Å². The molecule has 3 heteroatoms. The largest absolute Gasteiger partial charge is 0.456 e. The summed E-state index contributed by atoms with van der Waals surface area (Å²) in [6.07, 6.45) is 0. The number of fused-ring (bicyclic) bond motifs is 11. The lowest BCUT2D eigenvalue weighted by molar-refractivity contribution is 0.667. The normalized spacial score (nSPS) is 15.4. The molecule has 0 saturated carbocycles. The molecule has 52 heavy (non-hydrogen) atoms. The third-order valence-corrected chi connectivity index (χ3v) is 11.6. The molecule has 3 aromatic heterocycles. The van der Waals surface area contributed by atoms with Crippen LogP contribution in [0.3, 0.4) is 0 Å². The summed E-state index contributed by atoms with van der Waals surface area (Å²) >= 11 is 0. The quantitative estimate of drug-likeness (QED) is 0.185. The van der Waals surface area contributed by atoms with Crippen LogP contribution in [0.2, 0.25) is 0 Å². The molecule has 0 radical (unpaired) electrons. The van der Waals surface area contributed by atoms with Crippen LogP contribution in [-0.2, 0) is 5.41 Å². The highest BCUT2D eigenvalue weighted by molar-refractivity contribution is 6.13. The summed E-state index contributed by atoms with van der Waals surface area (Å²) in [4.78, 5) is 0. The third-order valence-electron chi connectivity index (χ3n) is 11.6. The zero-order chi connectivity index (χ0) is 34.0. The average molecular weight is 663 g/mol. The van der Waals surface area contributed by atoms with Crippen molar-refractivity contribution in [2.75, 3.05) is 0 Å². The molecule has 1 aliphatic heterocycles. The Hall–Kier alpha value is -6.84. The average Bonchev–Trinajstić information content (AvgIpc) is 3.87. The van der Waals surface area contributed by atoms with E-state index >= 15 is 0 Å². The molecule has 12 rings (SSSR count). The molecule has 1 aliphatic rings. The molecule has 11 aromatic rings. The Morgan fingerprint density at radius 2 is 0.923 bits per heavy atom. The number of nitrogens with zero attached hydrogens (tertiary/aromatic N) is 2. The maximum absolute atomic E-state index is 6.59. The molecule has 3 nitrogen and oxygen atoms in total. The van der Waals surface area contributed by atoms with E-state index in [1.165, 1.54) is 71.6 Å². The van der Waals surface area contributed by atoms with Crippen molar-refractivity contribution in [3.63, 3.8) is 0 Å². The van der Waals surface area contributed by atoms with E-state index in [2.05, 4.69) is 191 Å². The van der Waals surface area contributed by atoms with Gasteiger partial charge in [-0.1, -0.05) is 127 Å². The van der Waals surface area contributed by atoms with Crippen LogP contribution in [0.15, 0.2) is 186 Å². The highest BCUT2D eigenvalue weighted by atomic mass is 16.3. The van der Waals surface area contributed by atoms with E-state index in [9.17, 15) is 0 Å². The molecule has 1 unspecified atom stereocenters. The number of hydrogen-bond donors (Lipinski definition) is 0. The van der Waals surface area contributed by atoms with E-state index in [0.29, 0.717) is 0 Å². The van der Waals surface area contributed by atoms with E-state index in [1.807, 2.05) is 0 Å². The van der Waals surface area contributed by atoms with Crippen molar-refractivity contribution in [3.05, 3.63) is 204 Å². The highest BCUT2D eigenvalue weighted by Crippen LogP contribution is 2.54. The van der Waals surface area contributed by atoms with E-state index in [0.717, 1.165) is 27.6 Å². The number of rotatable bonds is 3. The Labute approximate surface area is 299 Å². The van der Waals surface area contributed by atoms with Crippen LogP contribution in [0.1, 0.15) is 22.3 Å². The minimum absolute atomic E-state index is 0.579. The first kappa shape index (κ1) is 27.9. The van der Waals surface area contributed by atoms with Crippen molar-refractivity contribution in [3.8, 4) is 11.4 Å². The zero-order valence-electron chi connectivity index (χ0n) is 28.1. The Bertz CT molecular complexity index is 3200. The van der Waals surface area contributed by atoms with Gasteiger partial charge in [0.25, 0.3) is 0 Å². The summed E-state index contributed by atoms with van der Waals surface area (Å²) in [5, 5.41) is 7.27.